The van der Waals surface area contributed by atoms with Gasteiger partial charge in [0, 0.05) is 30.0 Å². The Bertz CT molecular complexity index is 866. The molecule has 0 radical (unpaired) electrons. The predicted molar refractivity (Wildman–Crippen MR) is 112 cm³/mol. The molecule has 0 saturated heterocycles. The highest BCUT2D eigenvalue weighted by Crippen LogP contribution is 2.37. The zero-order valence-electron chi connectivity index (χ0n) is 15.0. The maximum Gasteiger partial charge on any atom is 0.158 e. The van der Waals surface area contributed by atoms with Crippen LogP contribution < -0.4 is 0 Å². The summed E-state index contributed by atoms with van der Waals surface area (Å²) in [5.41, 5.74) is 4.89. The lowest BCUT2D eigenvalue weighted by molar-refractivity contribution is 0.0853. The van der Waals surface area contributed by atoms with Crippen LogP contribution >= 0.6 is 27.5 Å². The van der Waals surface area contributed by atoms with Crippen molar-refractivity contribution in [2.24, 2.45) is 10.1 Å². The summed E-state index contributed by atoms with van der Waals surface area (Å²) in [5, 5.41) is 4.91. The first-order valence-corrected chi connectivity index (χ1v) is 9.68. The fourth-order valence-electron chi connectivity index (χ4n) is 2.77. The largest absolute Gasteiger partial charge is 0.387 e. The summed E-state index contributed by atoms with van der Waals surface area (Å²) in [7, 11) is 1.98. The van der Waals surface area contributed by atoms with E-state index in [4.69, 9.17) is 16.4 Å². The van der Waals surface area contributed by atoms with Crippen molar-refractivity contribution in [1.82, 2.24) is 4.90 Å². The van der Waals surface area contributed by atoms with Gasteiger partial charge in [0.25, 0.3) is 0 Å². The molecule has 0 N–H and O–H groups in total. The van der Waals surface area contributed by atoms with Crippen LogP contribution in [0.5, 0.6) is 0 Å². The van der Waals surface area contributed by atoms with Crippen molar-refractivity contribution in [3.05, 3.63) is 62.6 Å². The van der Waals surface area contributed by atoms with Crippen LogP contribution in [0.3, 0.4) is 0 Å². The fraction of sp³-hybridized carbons (Fsp3) is 0.300. The third-order valence-electron chi connectivity index (χ3n) is 4.43. The van der Waals surface area contributed by atoms with Crippen molar-refractivity contribution in [1.29, 1.82) is 0 Å². The molecule has 0 aromatic heterocycles. The normalized spacial score (nSPS) is 16.7. The monoisotopic (exact) mass is 433 g/mol. The Morgan fingerprint density at radius 2 is 2.15 bits per heavy atom. The Labute approximate surface area is 167 Å². The van der Waals surface area contributed by atoms with Crippen molar-refractivity contribution in [3.8, 4) is 0 Å². The number of rotatable bonds is 5. The third kappa shape index (κ3) is 4.10. The Hall–Kier alpha value is -1.85. The third-order valence-corrected chi connectivity index (χ3v) is 5.42. The summed E-state index contributed by atoms with van der Waals surface area (Å²) in [6, 6.07) is 12.0. The molecule has 1 atom stereocenters. The lowest BCUT2D eigenvalue weighted by Gasteiger charge is -2.14. The van der Waals surface area contributed by atoms with Crippen LogP contribution in [0.1, 0.15) is 36.1 Å². The van der Waals surface area contributed by atoms with Gasteiger partial charge in [-0.3, -0.25) is 0 Å². The number of hydrogen-bond donors (Lipinski definition) is 0. The molecule has 26 heavy (non-hydrogen) atoms. The van der Waals surface area contributed by atoms with E-state index < -0.39 is 0 Å². The first-order valence-electron chi connectivity index (χ1n) is 8.51. The number of benzene rings is 2. The molecular formula is C20H21BrClN3O. The molecule has 0 bridgehead atoms. The van der Waals surface area contributed by atoms with Crippen LogP contribution in [-0.4, -0.2) is 30.5 Å². The smallest absolute Gasteiger partial charge is 0.158 e. The van der Waals surface area contributed by atoms with E-state index in [0.29, 0.717) is 11.4 Å². The van der Waals surface area contributed by atoms with E-state index in [0.717, 1.165) is 39.1 Å². The molecule has 2 aromatic carbocycles. The van der Waals surface area contributed by atoms with Crippen LogP contribution in [0.15, 0.2) is 51.0 Å². The van der Waals surface area contributed by atoms with Gasteiger partial charge in [-0.05, 0) is 43.2 Å². The second-order valence-electron chi connectivity index (χ2n) is 6.29. The molecule has 1 aliphatic rings. The molecule has 4 nitrogen and oxygen atoms in total. The van der Waals surface area contributed by atoms with Gasteiger partial charge < -0.3 is 9.74 Å². The SMILES string of the molecule is CCN(C)C=Nc1cc(C)c(C2CC(c3ccccc3Br)=NO2)cc1Cl. The maximum absolute atomic E-state index is 6.45. The molecule has 0 amide bonds. The van der Waals surface area contributed by atoms with Gasteiger partial charge in [-0.15, -0.1) is 0 Å². The Morgan fingerprint density at radius 1 is 1.38 bits per heavy atom. The highest BCUT2D eigenvalue weighted by Gasteiger charge is 2.26. The van der Waals surface area contributed by atoms with Gasteiger partial charge in [-0.25, -0.2) is 4.99 Å². The van der Waals surface area contributed by atoms with Gasteiger partial charge in [0.1, 0.15) is 0 Å². The number of oxime groups is 1. The van der Waals surface area contributed by atoms with E-state index in [1.165, 1.54) is 0 Å². The van der Waals surface area contributed by atoms with E-state index in [2.05, 4.69) is 33.0 Å². The van der Waals surface area contributed by atoms with E-state index in [1.807, 2.05) is 55.3 Å². The standard InChI is InChI=1S/C20H21BrClN3O/c1-4-25(3)12-23-19-9-13(2)15(10-17(19)22)20-11-18(24-26-20)14-7-5-6-8-16(14)21/h5-10,12,20H,4,11H2,1-3H3. The second-order valence-corrected chi connectivity index (χ2v) is 7.56. The zero-order chi connectivity index (χ0) is 18.7. The average Bonchev–Trinajstić information content (AvgIpc) is 3.11. The van der Waals surface area contributed by atoms with Gasteiger partial charge >= 0.3 is 0 Å². The van der Waals surface area contributed by atoms with Gasteiger partial charge in [0.15, 0.2) is 6.10 Å². The molecule has 1 aliphatic heterocycles. The molecular weight excluding hydrogens is 414 g/mol. The second kappa shape index (κ2) is 8.23. The van der Waals surface area contributed by atoms with Crippen LogP contribution in [-0.2, 0) is 4.84 Å². The zero-order valence-corrected chi connectivity index (χ0v) is 17.4. The summed E-state index contributed by atoms with van der Waals surface area (Å²) in [6.45, 7) is 5.01. The van der Waals surface area contributed by atoms with Gasteiger partial charge in [-0.1, -0.05) is 50.9 Å². The molecule has 6 heteroatoms. The minimum Gasteiger partial charge on any atom is -0.387 e. The number of nitrogens with zero attached hydrogens (tertiary/aromatic N) is 3. The molecule has 0 spiro atoms. The minimum absolute atomic E-state index is 0.133. The highest BCUT2D eigenvalue weighted by molar-refractivity contribution is 9.10. The molecule has 0 fully saturated rings. The lowest BCUT2D eigenvalue weighted by atomic mass is 9.97. The van der Waals surface area contributed by atoms with E-state index in [9.17, 15) is 0 Å². The van der Waals surface area contributed by atoms with Gasteiger partial charge in [0.2, 0.25) is 0 Å². The minimum atomic E-state index is -0.133. The maximum atomic E-state index is 6.45. The summed E-state index contributed by atoms with van der Waals surface area (Å²) < 4.78 is 1.02. The number of aliphatic imine (C=N–C) groups is 1. The first-order chi connectivity index (χ1) is 12.5. The van der Waals surface area contributed by atoms with E-state index in [-0.39, 0.29) is 6.10 Å². The lowest BCUT2D eigenvalue weighted by Crippen LogP contribution is -2.14. The highest BCUT2D eigenvalue weighted by atomic mass is 79.9. The summed E-state index contributed by atoms with van der Waals surface area (Å²) >= 11 is 10.0. The van der Waals surface area contributed by atoms with Crippen molar-refractivity contribution in [3.63, 3.8) is 0 Å². The van der Waals surface area contributed by atoms with Crippen molar-refractivity contribution in [2.45, 2.75) is 26.4 Å². The summed E-state index contributed by atoms with van der Waals surface area (Å²) in [6.07, 6.45) is 2.37. The summed E-state index contributed by atoms with van der Waals surface area (Å²) in [5.74, 6) is 0. The molecule has 136 valence electrons. The quantitative estimate of drug-likeness (QED) is 0.435. The van der Waals surface area contributed by atoms with Crippen LogP contribution in [0, 0.1) is 6.92 Å². The number of hydrogen-bond acceptors (Lipinski definition) is 3. The first kappa shape index (κ1) is 18.9. The Balaban J connectivity index is 1.80. The number of aryl methyl sites for hydroxylation is 1. The van der Waals surface area contributed by atoms with Gasteiger partial charge in [-0.2, -0.15) is 0 Å². The van der Waals surface area contributed by atoms with Gasteiger partial charge in [0.05, 0.1) is 22.8 Å². The van der Waals surface area contributed by atoms with E-state index in [1.54, 1.807) is 6.34 Å². The molecule has 2 aromatic rings. The Kier molecular flexibility index (Phi) is 5.99. The number of halogens is 2. The summed E-state index contributed by atoms with van der Waals surface area (Å²) in [4.78, 5) is 12.2. The fourth-order valence-corrected chi connectivity index (χ4v) is 3.50. The molecule has 1 unspecified atom stereocenters. The van der Waals surface area contributed by atoms with Crippen molar-refractivity contribution >= 4 is 45.3 Å². The molecule has 0 aliphatic carbocycles. The van der Waals surface area contributed by atoms with Crippen molar-refractivity contribution < 1.29 is 4.84 Å². The van der Waals surface area contributed by atoms with Crippen molar-refractivity contribution in [2.75, 3.05) is 13.6 Å². The molecule has 3 rings (SSSR count). The van der Waals surface area contributed by atoms with E-state index >= 15 is 0 Å². The topological polar surface area (TPSA) is 37.2 Å². The van der Waals surface area contributed by atoms with Crippen LogP contribution in [0.25, 0.3) is 0 Å². The Morgan fingerprint density at radius 3 is 2.88 bits per heavy atom. The average molecular weight is 435 g/mol. The molecule has 1 heterocycles. The van der Waals surface area contributed by atoms with Crippen LogP contribution in [0.4, 0.5) is 5.69 Å². The predicted octanol–water partition coefficient (Wildman–Crippen LogP) is 5.89. The van der Waals surface area contributed by atoms with Crippen LogP contribution in [0.2, 0.25) is 5.02 Å². The molecule has 0 saturated carbocycles.